The van der Waals surface area contributed by atoms with E-state index in [1.165, 1.54) is 42.6 Å². The van der Waals surface area contributed by atoms with E-state index in [0.717, 1.165) is 28.0 Å². The third-order valence-electron chi connectivity index (χ3n) is 5.73. The largest absolute Gasteiger partial charge is 0.286 e. The van der Waals surface area contributed by atoms with E-state index in [-0.39, 0.29) is 11.3 Å². The monoisotopic (exact) mass is 413 g/mol. The number of aromatic nitrogens is 2. The highest BCUT2D eigenvalue weighted by Crippen LogP contribution is 2.33. The van der Waals surface area contributed by atoms with Gasteiger partial charge in [0.05, 0.1) is 0 Å². The number of anilines is 1. The molecule has 2 aromatic rings. The maximum Gasteiger partial charge on any atom is 0.228 e. The lowest BCUT2D eigenvalue weighted by Crippen LogP contribution is -2.34. The summed E-state index contributed by atoms with van der Waals surface area (Å²) in [5.41, 5.74) is 2.49. The zero-order valence-corrected chi connectivity index (χ0v) is 19.4. The SMILES string of the molecule is CC(C)CN(C(=O)CCC1CCCC1)c1nnc(-c2ccc(C(C)(C)C)cc2)s1. The Morgan fingerprint density at radius 2 is 1.79 bits per heavy atom. The van der Waals surface area contributed by atoms with E-state index in [1.54, 1.807) is 0 Å². The van der Waals surface area contributed by atoms with Crippen LogP contribution in [-0.2, 0) is 10.2 Å². The Balaban J connectivity index is 1.73. The summed E-state index contributed by atoms with van der Waals surface area (Å²) in [6.45, 7) is 11.6. The Labute approximate surface area is 179 Å². The van der Waals surface area contributed by atoms with Crippen LogP contribution in [0.4, 0.5) is 5.13 Å². The fourth-order valence-corrected chi connectivity index (χ4v) is 4.84. The number of hydrogen-bond acceptors (Lipinski definition) is 4. The highest BCUT2D eigenvalue weighted by atomic mass is 32.1. The third-order valence-corrected chi connectivity index (χ3v) is 6.73. The van der Waals surface area contributed by atoms with Gasteiger partial charge in [0.15, 0.2) is 0 Å². The number of carbonyl (C=O) groups is 1. The van der Waals surface area contributed by atoms with Gasteiger partial charge in [-0.2, -0.15) is 0 Å². The Kier molecular flexibility index (Phi) is 7.10. The summed E-state index contributed by atoms with van der Waals surface area (Å²) >= 11 is 1.52. The van der Waals surface area contributed by atoms with Crippen molar-refractivity contribution in [3.05, 3.63) is 29.8 Å². The molecule has 4 nitrogen and oxygen atoms in total. The summed E-state index contributed by atoms with van der Waals surface area (Å²) in [4.78, 5) is 14.9. The first-order valence-electron chi connectivity index (χ1n) is 11.0. The molecule has 1 aliphatic rings. The van der Waals surface area contributed by atoms with E-state index in [4.69, 9.17) is 0 Å². The molecule has 1 aromatic carbocycles. The van der Waals surface area contributed by atoms with Crippen molar-refractivity contribution in [2.24, 2.45) is 11.8 Å². The van der Waals surface area contributed by atoms with Gasteiger partial charge >= 0.3 is 0 Å². The molecule has 0 spiro atoms. The molecule has 0 bridgehead atoms. The molecule has 0 unspecified atom stereocenters. The maximum atomic E-state index is 13.0. The third kappa shape index (κ3) is 5.88. The van der Waals surface area contributed by atoms with Crippen LogP contribution in [0.3, 0.4) is 0 Å². The second-order valence-corrected chi connectivity index (χ2v) is 10.8. The Bertz CT molecular complexity index is 798. The van der Waals surface area contributed by atoms with Crippen molar-refractivity contribution in [1.29, 1.82) is 0 Å². The normalized spacial score (nSPS) is 15.2. The Morgan fingerprint density at radius 1 is 1.14 bits per heavy atom. The molecule has 1 heterocycles. The van der Waals surface area contributed by atoms with Crippen LogP contribution < -0.4 is 4.90 Å². The number of hydrogen-bond donors (Lipinski definition) is 0. The average Bonchev–Trinajstić information content (AvgIpc) is 3.35. The summed E-state index contributed by atoms with van der Waals surface area (Å²) in [6, 6.07) is 8.54. The summed E-state index contributed by atoms with van der Waals surface area (Å²) < 4.78 is 0. The van der Waals surface area contributed by atoms with Gasteiger partial charge in [0, 0.05) is 18.5 Å². The van der Waals surface area contributed by atoms with Crippen LogP contribution >= 0.6 is 11.3 Å². The van der Waals surface area contributed by atoms with Crippen molar-refractivity contribution in [3.63, 3.8) is 0 Å². The van der Waals surface area contributed by atoms with Crippen LogP contribution in [-0.4, -0.2) is 22.6 Å². The number of rotatable bonds is 7. The Morgan fingerprint density at radius 3 is 2.38 bits per heavy atom. The molecule has 1 amide bonds. The molecule has 1 aliphatic carbocycles. The average molecular weight is 414 g/mol. The Hall–Kier alpha value is -1.75. The molecular formula is C24H35N3OS. The van der Waals surface area contributed by atoms with Gasteiger partial charge in [-0.1, -0.05) is 95.9 Å². The van der Waals surface area contributed by atoms with Gasteiger partial charge < -0.3 is 0 Å². The highest BCUT2D eigenvalue weighted by molar-refractivity contribution is 7.18. The van der Waals surface area contributed by atoms with E-state index < -0.39 is 0 Å². The van der Waals surface area contributed by atoms with E-state index in [9.17, 15) is 4.79 Å². The van der Waals surface area contributed by atoms with Crippen LogP contribution in [0.15, 0.2) is 24.3 Å². The molecule has 29 heavy (non-hydrogen) atoms. The summed E-state index contributed by atoms with van der Waals surface area (Å²) in [6.07, 6.45) is 6.83. The molecule has 1 fully saturated rings. The van der Waals surface area contributed by atoms with Crippen LogP contribution in [0, 0.1) is 11.8 Å². The summed E-state index contributed by atoms with van der Waals surface area (Å²) in [5, 5.41) is 10.4. The number of amides is 1. The standard InChI is InChI=1S/C24H35N3OS/c1-17(2)16-27(21(28)15-10-18-8-6-7-9-18)23-26-25-22(29-23)19-11-13-20(14-12-19)24(3,4)5/h11-14,17-18H,6-10,15-16H2,1-5H3. The lowest BCUT2D eigenvalue weighted by atomic mass is 9.87. The fourth-order valence-electron chi connectivity index (χ4n) is 3.97. The topological polar surface area (TPSA) is 46.1 Å². The quantitative estimate of drug-likeness (QED) is 0.523. The van der Waals surface area contributed by atoms with Crippen molar-refractivity contribution in [2.45, 2.75) is 78.6 Å². The molecule has 0 radical (unpaired) electrons. The van der Waals surface area contributed by atoms with Gasteiger partial charge in [-0.05, 0) is 29.2 Å². The van der Waals surface area contributed by atoms with E-state index in [1.807, 2.05) is 4.90 Å². The molecule has 0 N–H and O–H groups in total. The minimum atomic E-state index is 0.130. The molecule has 1 saturated carbocycles. The molecule has 0 aliphatic heterocycles. The number of benzene rings is 1. The molecule has 3 rings (SSSR count). The molecular weight excluding hydrogens is 378 g/mol. The second-order valence-electron chi connectivity index (χ2n) is 9.80. The van der Waals surface area contributed by atoms with E-state index in [0.29, 0.717) is 18.9 Å². The minimum absolute atomic E-state index is 0.130. The predicted molar refractivity (Wildman–Crippen MR) is 122 cm³/mol. The van der Waals surface area contributed by atoms with Crippen molar-refractivity contribution >= 4 is 22.4 Å². The number of carbonyl (C=O) groups excluding carboxylic acids is 1. The smallest absolute Gasteiger partial charge is 0.228 e. The van der Waals surface area contributed by atoms with Crippen molar-refractivity contribution in [1.82, 2.24) is 10.2 Å². The molecule has 5 heteroatoms. The molecule has 1 aromatic heterocycles. The lowest BCUT2D eigenvalue weighted by Gasteiger charge is -2.22. The van der Waals surface area contributed by atoms with Crippen molar-refractivity contribution in [2.75, 3.05) is 11.4 Å². The van der Waals surface area contributed by atoms with E-state index >= 15 is 0 Å². The van der Waals surface area contributed by atoms with Gasteiger partial charge in [0.1, 0.15) is 5.01 Å². The van der Waals surface area contributed by atoms with Crippen molar-refractivity contribution in [3.8, 4) is 10.6 Å². The first kappa shape index (κ1) is 21.9. The van der Waals surface area contributed by atoms with E-state index in [2.05, 4.69) is 69.1 Å². The van der Waals surface area contributed by atoms with Gasteiger partial charge in [-0.15, -0.1) is 10.2 Å². The van der Waals surface area contributed by atoms with Crippen LogP contribution in [0.25, 0.3) is 10.6 Å². The van der Waals surface area contributed by atoms with Crippen LogP contribution in [0.5, 0.6) is 0 Å². The predicted octanol–water partition coefficient (Wildman–Crippen LogP) is 6.46. The lowest BCUT2D eigenvalue weighted by molar-refractivity contribution is -0.119. The van der Waals surface area contributed by atoms with Gasteiger partial charge in [0.25, 0.3) is 0 Å². The second kappa shape index (κ2) is 9.38. The first-order chi connectivity index (χ1) is 13.7. The fraction of sp³-hybridized carbons (Fsp3) is 0.625. The minimum Gasteiger partial charge on any atom is -0.286 e. The van der Waals surface area contributed by atoms with Crippen molar-refractivity contribution < 1.29 is 4.79 Å². The van der Waals surface area contributed by atoms with Gasteiger partial charge in [-0.3, -0.25) is 9.69 Å². The molecule has 158 valence electrons. The summed E-state index contributed by atoms with van der Waals surface area (Å²) in [5.74, 6) is 1.31. The first-order valence-corrected chi connectivity index (χ1v) is 11.8. The van der Waals surface area contributed by atoms with Crippen LogP contribution in [0.1, 0.15) is 78.7 Å². The molecule has 0 atom stereocenters. The zero-order valence-electron chi connectivity index (χ0n) is 18.6. The van der Waals surface area contributed by atoms with Gasteiger partial charge in [-0.25, -0.2) is 0 Å². The highest BCUT2D eigenvalue weighted by Gasteiger charge is 2.24. The maximum absolute atomic E-state index is 13.0. The zero-order chi connectivity index (χ0) is 21.0. The van der Waals surface area contributed by atoms with Crippen LogP contribution in [0.2, 0.25) is 0 Å². The number of nitrogens with zero attached hydrogens (tertiary/aromatic N) is 3. The summed E-state index contributed by atoms with van der Waals surface area (Å²) in [7, 11) is 0. The van der Waals surface area contributed by atoms with Gasteiger partial charge in [0.2, 0.25) is 11.0 Å². The molecule has 0 saturated heterocycles.